The van der Waals surface area contributed by atoms with Crippen LogP contribution in [0.5, 0.6) is 5.75 Å². The lowest BCUT2D eigenvalue weighted by molar-refractivity contribution is -0.162. The van der Waals surface area contributed by atoms with E-state index in [1.54, 1.807) is 6.07 Å². The highest BCUT2D eigenvalue weighted by Gasteiger charge is 2.43. The van der Waals surface area contributed by atoms with Gasteiger partial charge >= 0.3 is 0 Å². The molecule has 1 fully saturated rings. The molecular formula is C13H15Cl3O3. The first-order chi connectivity index (χ1) is 9.02. The maximum Gasteiger partial charge on any atom is 0.140 e. The highest BCUT2D eigenvalue weighted by Crippen LogP contribution is 2.37. The molecule has 1 N–H and O–H groups in total. The lowest BCUT2D eigenvalue weighted by Crippen LogP contribution is -2.55. The van der Waals surface area contributed by atoms with Crippen LogP contribution in [-0.4, -0.2) is 30.0 Å². The van der Waals surface area contributed by atoms with Crippen LogP contribution in [0.2, 0.25) is 15.1 Å². The molecule has 0 aromatic heterocycles. The minimum Gasteiger partial charge on any atom is -0.486 e. The maximum atomic E-state index is 9.67. The Bertz CT molecular complexity index is 453. The zero-order valence-electron chi connectivity index (χ0n) is 10.4. The largest absolute Gasteiger partial charge is 0.486 e. The summed E-state index contributed by atoms with van der Waals surface area (Å²) in [4.78, 5) is 0. The molecule has 0 aliphatic heterocycles. The minimum absolute atomic E-state index is 0.212. The molecule has 0 saturated heterocycles. The van der Waals surface area contributed by atoms with Crippen LogP contribution in [0.3, 0.4) is 0 Å². The SMILES string of the molecule is CCCOC1C(O)CC1Oc1cc(Cl)c(Cl)cc1Cl. The van der Waals surface area contributed by atoms with Crippen LogP contribution in [0, 0.1) is 0 Å². The van der Waals surface area contributed by atoms with Crippen molar-refractivity contribution >= 4 is 34.8 Å². The van der Waals surface area contributed by atoms with Gasteiger partial charge in [0.15, 0.2) is 0 Å². The van der Waals surface area contributed by atoms with E-state index in [1.165, 1.54) is 6.07 Å². The summed E-state index contributed by atoms with van der Waals surface area (Å²) in [6.07, 6.45) is 0.397. The number of aliphatic hydroxyl groups excluding tert-OH is 1. The third kappa shape index (κ3) is 3.47. The summed E-state index contributed by atoms with van der Waals surface area (Å²) in [6.45, 7) is 2.60. The van der Waals surface area contributed by atoms with Gasteiger partial charge in [-0.05, 0) is 12.5 Å². The summed E-state index contributed by atoms with van der Waals surface area (Å²) >= 11 is 17.8. The van der Waals surface area contributed by atoms with Crippen molar-refractivity contribution in [3.8, 4) is 5.75 Å². The Balaban J connectivity index is 2.03. The van der Waals surface area contributed by atoms with Crippen molar-refractivity contribution in [3.63, 3.8) is 0 Å². The summed E-state index contributed by atoms with van der Waals surface area (Å²) in [5, 5.41) is 10.8. The van der Waals surface area contributed by atoms with E-state index in [0.29, 0.717) is 33.8 Å². The van der Waals surface area contributed by atoms with E-state index in [4.69, 9.17) is 44.3 Å². The van der Waals surface area contributed by atoms with Crippen molar-refractivity contribution in [1.29, 1.82) is 0 Å². The van der Waals surface area contributed by atoms with Gasteiger partial charge in [0, 0.05) is 19.1 Å². The normalized spacial score (nSPS) is 26.1. The Kier molecular flexibility index (Phi) is 5.21. The van der Waals surface area contributed by atoms with E-state index >= 15 is 0 Å². The molecule has 0 amide bonds. The van der Waals surface area contributed by atoms with Crippen molar-refractivity contribution < 1.29 is 14.6 Å². The molecule has 0 spiro atoms. The first kappa shape index (κ1) is 15.2. The van der Waals surface area contributed by atoms with Crippen LogP contribution in [0.1, 0.15) is 19.8 Å². The first-order valence-electron chi connectivity index (χ1n) is 6.13. The molecule has 19 heavy (non-hydrogen) atoms. The molecule has 1 aliphatic carbocycles. The quantitative estimate of drug-likeness (QED) is 0.833. The number of benzene rings is 1. The third-order valence-corrected chi connectivity index (χ3v) is 4.00. The van der Waals surface area contributed by atoms with Gasteiger partial charge in [0.1, 0.15) is 18.0 Å². The predicted molar refractivity (Wildman–Crippen MR) is 76.5 cm³/mol. The van der Waals surface area contributed by atoms with Crippen molar-refractivity contribution in [2.45, 2.75) is 38.1 Å². The molecule has 106 valence electrons. The van der Waals surface area contributed by atoms with Gasteiger partial charge < -0.3 is 14.6 Å². The highest BCUT2D eigenvalue weighted by atomic mass is 35.5. The Morgan fingerprint density at radius 3 is 2.53 bits per heavy atom. The average Bonchev–Trinajstić information content (AvgIpc) is 2.35. The van der Waals surface area contributed by atoms with Crippen LogP contribution in [0.4, 0.5) is 0 Å². The van der Waals surface area contributed by atoms with Crippen LogP contribution in [-0.2, 0) is 4.74 Å². The van der Waals surface area contributed by atoms with Gasteiger partial charge in [-0.15, -0.1) is 0 Å². The fraction of sp³-hybridized carbons (Fsp3) is 0.538. The zero-order chi connectivity index (χ0) is 14.0. The summed E-state index contributed by atoms with van der Waals surface area (Å²) in [6, 6.07) is 3.12. The first-order valence-corrected chi connectivity index (χ1v) is 7.27. The van der Waals surface area contributed by atoms with Crippen molar-refractivity contribution in [3.05, 3.63) is 27.2 Å². The number of hydrogen-bond acceptors (Lipinski definition) is 3. The summed E-state index contributed by atoms with van der Waals surface area (Å²) in [7, 11) is 0. The van der Waals surface area contributed by atoms with Gasteiger partial charge in [0.2, 0.25) is 0 Å². The topological polar surface area (TPSA) is 38.7 Å². The number of halogens is 3. The monoisotopic (exact) mass is 324 g/mol. The summed E-state index contributed by atoms with van der Waals surface area (Å²) in [5.74, 6) is 0.457. The summed E-state index contributed by atoms with van der Waals surface area (Å²) in [5.41, 5.74) is 0. The van der Waals surface area contributed by atoms with E-state index in [0.717, 1.165) is 6.42 Å². The second-order valence-corrected chi connectivity index (χ2v) is 5.71. The second-order valence-electron chi connectivity index (χ2n) is 4.49. The third-order valence-electron chi connectivity index (χ3n) is 2.99. The smallest absolute Gasteiger partial charge is 0.140 e. The van der Waals surface area contributed by atoms with Gasteiger partial charge in [0.05, 0.1) is 21.2 Å². The maximum absolute atomic E-state index is 9.67. The minimum atomic E-state index is -0.488. The predicted octanol–water partition coefficient (Wildman–Crippen LogP) is 3.95. The molecule has 0 bridgehead atoms. The molecule has 1 aromatic carbocycles. The van der Waals surface area contributed by atoms with Crippen LogP contribution in [0.15, 0.2) is 12.1 Å². The Hall–Kier alpha value is -0.190. The van der Waals surface area contributed by atoms with Gasteiger partial charge in [-0.25, -0.2) is 0 Å². The van der Waals surface area contributed by atoms with E-state index in [1.807, 2.05) is 6.92 Å². The summed E-state index contributed by atoms with van der Waals surface area (Å²) < 4.78 is 11.3. The van der Waals surface area contributed by atoms with Crippen molar-refractivity contribution in [2.75, 3.05) is 6.61 Å². The lowest BCUT2D eigenvalue weighted by Gasteiger charge is -2.40. The Morgan fingerprint density at radius 1 is 1.21 bits per heavy atom. The van der Waals surface area contributed by atoms with Gasteiger partial charge in [-0.2, -0.15) is 0 Å². The fourth-order valence-electron chi connectivity index (χ4n) is 1.90. The molecule has 1 saturated carbocycles. The van der Waals surface area contributed by atoms with Crippen LogP contribution >= 0.6 is 34.8 Å². The van der Waals surface area contributed by atoms with Gasteiger partial charge in [-0.3, -0.25) is 0 Å². The Morgan fingerprint density at radius 2 is 1.89 bits per heavy atom. The molecule has 1 aromatic rings. The molecule has 2 rings (SSSR count). The van der Waals surface area contributed by atoms with Crippen LogP contribution in [0.25, 0.3) is 0 Å². The number of ether oxygens (including phenoxy) is 2. The van der Waals surface area contributed by atoms with Gasteiger partial charge in [0.25, 0.3) is 0 Å². The number of rotatable bonds is 5. The number of aliphatic hydroxyl groups is 1. The number of hydrogen-bond donors (Lipinski definition) is 1. The molecular weight excluding hydrogens is 310 g/mol. The fourth-order valence-corrected chi connectivity index (χ4v) is 2.48. The van der Waals surface area contributed by atoms with Gasteiger partial charge in [-0.1, -0.05) is 41.7 Å². The average molecular weight is 326 g/mol. The van der Waals surface area contributed by atoms with Crippen molar-refractivity contribution in [1.82, 2.24) is 0 Å². The molecule has 6 heteroatoms. The van der Waals surface area contributed by atoms with E-state index in [9.17, 15) is 5.11 Å². The molecule has 1 aliphatic rings. The van der Waals surface area contributed by atoms with E-state index in [2.05, 4.69) is 0 Å². The molecule has 3 atom stereocenters. The Labute approximate surface area is 127 Å². The highest BCUT2D eigenvalue weighted by molar-refractivity contribution is 6.43. The zero-order valence-corrected chi connectivity index (χ0v) is 12.7. The molecule has 3 nitrogen and oxygen atoms in total. The van der Waals surface area contributed by atoms with Crippen molar-refractivity contribution in [2.24, 2.45) is 0 Å². The lowest BCUT2D eigenvalue weighted by atomic mass is 9.88. The molecule has 0 radical (unpaired) electrons. The molecule has 0 heterocycles. The molecule has 3 unspecified atom stereocenters. The second kappa shape index (κ2) is 6.51. The standard InChI is InChI=1S/C13H15Cl3O3/c1-2-3-18-13-10(17)6-12(13)19-11-5-8(15)7(14)4-9(11)16/h4-5,10,12-13,17H,2-3,6H2,1H3. The van der Waals surface area contributed by atoms with E-state index < -0.39 is 6.10 Å². The van der Waals surface area contributed by atoms with Crippen LogP contribution < -0.4 is 4.74 Å². The van der Waals surface area contributed by atoms with E-state index in [-0.39, 0.29) is 12.2 Å².